The lowest BCUT2D eigenvalue weighted by molar-refractivity contribution is 0.564. The molecule has 3 nitrogen and oxygen atoms in total. The minimum Gasteiger partial charge on any atom is -0.310 e. The molecular formula is C14H19N3S2. The fourth-order valence-electron chi connectivity index (χ4n) is 1.82. The molecule has 2 rings (SSSR count). The number of rotatable bonds is 6. The molecule has 2 aromatic rings. The summed E-state index contributed by atoms with van der Waals surface area (Å²) in [6, 6.07) is 8.86. The van der Waals surface area contributed by atoms with E-state index in [0.717, 1.165) is 22.3 Å². The van der Waals surface area contributed by atoms with Crippen molar-refractivity contribution in [1.82, 2.24) is 15.5 Å². The van der Waals surface area contributed by atoms with Crippen LogP contribution in [0.2, 0.25) is 0 Å². The Balaban J connectivity index is 2.16. The molecule has 0 bridgehead atoms. The molecule has 0 radical (unpaired) electrons. The zero-order valence-electron chi connectivity index (χ0n) is 11.5. The molecule has 1 aromatic carbocycles. The van der Waals surface area contributed by atoms with E-state index in [9.17, 15) is 0 Å². The first-order chi connectivity index (χ1) is 9.20. The minimum absolute atomic E-state index is 0.359. The molecule has 0 aliphatic rings. The van der Waals surface area contributed by atoms with Crippen LogP contribution in [-0.2, 0) is 0 Å². The van der Waals surface area contributed by atoms with Gasteiger partial charge in [-0.1, -0.05) is 48.2 Å². The standard InChI is InChI=1S/C14H19N3S2/c1-4-9-15-10(2)12-7-5-6-8-13(12)19-14-17-16-11(3)18-14/h5-8,10,15H,4,9H2,1-3H3. The Morgan fingerprint density at radius 3 is 2.79 bits per heavy atom. The third-order valence-electron chi connectivity index (χ3n) is 2.79. The SMILES string of the molecule is CCCNC(C)c1ccccc1Sc1nnc(C)s1. The number of aryl methyl sites for hydroxylation is 1. The van der Waals surface area contributed by atoms with Crippen LogP contribution in [0.25, 0.3) is 0 Å². The third kappa shape index (κ3) is 4.03. The normalized spacial score (nSPS) is 12.6. The van der Waals surface area contributed by atoms with Gasteiger partial charge in [0.1, 0.15) is 5.01 Å². The van der Waals surface area contributed by atoms with Gasteiger partial charge in [0.05, 0.1) is 0 Å². The summed E-state index contributed by atoms with van der Waals surface area (Å²) in [4.78, 5) is 1.26. The second-order valence-electron chi connectivity index (χ2n) is 4.40. The number of nitrogens with zero attached hydrogens (tertiary/aromatic N) is 2. The minimum atomic E-state index is 0.359. The summed E-state index contributed by atoms with van der Waals surface area (Å²) in [6.45, 7) is 7.42. The van der Waals surface area contributed by atoms with Gasteiger partial charge in [0.25, 0.3) is 0 Å². The van der Waals surface area contributed by atoms with Gasteiger partial charge in [-0.2, -0.15) is 0 Å². The van der Waals surface area contributed by atoms with Crippen molar-refractivity contribution in [3.05, 3.63) is 34.8 Å². The smallest absolute Gasteiger partial charge is 0.179 e. The van der Waals surface area contributed by atoms with Crippen molar-refractivity contribution in [2.75, 3.05) is 6.54 Å². The van der Waals surface area contributed by atoms with Crippen molar-refractivity contribution < 1.29 is 0 Å². The summed E-state index contributed by atoms with van der Waals surface area (Å²) in [5, 5.41) is 12.8. The van der Waals surface area contributed by atoms with E-state index < -0.39 is 0 Å². The molecule has 0 saturated carbocycles. The van der Waals surface area contributed by atoms with E-state index >= 15 is 0 Å². The van der Waals surface area contributed by atoms with Gasteiger partial charge < -0.3 is 5.32 Å². The molecular weight excluding hydrogens is 274 g/mol. The van der Waals surface area contributed by atoms with E-state index in [1.807, 2.05) is 6.92 Å². The Bertz CT molecular complexity index is 525. The van der Waals surface area contributed by atoms with Crippen LogP contribution in [0.1, 0.15) is 36.9 Å². The summed E-state index contributed by atoms with van der Waals surface area (Å²) in [5.74, 6) is 0. The predicted molar refractivity (Wildman–Crippen MR) is 81.9 cm³/mol. The quantitative estimate of drug-likeness (QED) is 0.871. The Morgan fingerprint density at radius 2 is 2.11 bits per heavy atom. The number of hydrogen-bond donors (Lipinski definition) is 1. The number of hydrogen-bond acceptors (Lipinski definition) is 5. The average Bonchev–Trinajstić information content (AvgIpc) is 2.82. The van der Waals surface area contributed by atoms with Crippen molar-refractivity contribution >= 4 is 23.1 Å². The third-order valence-corrected chi connectivity index (χ3v) is 4.77. The molecule has 1 unspecified atom stereocenters. The summed E-state index contributed by atoms with van der Waals surface area (Å²) in [6.07, 6.45) is 1.15. The van der Waals surface area contributed by atoms with Crippen LogP contribution in [-0.4, -0.2) is 16.7 Å². The lowest BCUT2D eigenvalue weighted by Gasteiger charge is -2.16. The van der Waals surface area contributed by atoms with Gasteiger partial charge in [-0.25, -0.2) is 0 Å². The highest BCUT2D eigenvalue weighted by molar-refractivity contribution is 8.01. The summed E-state index contributed by atoms with van der Waals surface area (Å²) in [7, 11) is 0. The molecule has 0 saturated heterocycles. The number of benzene rings is 1. The first-order valence-corrected chi connectivity index (χ1v) is 8.14. The van der Waals surface area contributed by atoms with Crippen LogP contribution in [0.15, 0.2) is 33.5 Å². The van der Waals surface area contributed by atoms with Crippen LogP contribution >= 0.6 is 23.1 Å². The van der Waals surface area contributed by atoms with Crippen molar-refractivity contribution in [3.8, 4) is 0 Å². The van der Waals surface area contributed by atoms with Crippen LogP contribution < -0.4 is 5.32 Å². The molecule has 0 fully saturated rings. The molecule has 1 aromatic heterocycles. The molecule has 19 heavy (non-hydrogen) atoms. The zero-order chi connectivity index (χ0) is 13.7. The van der Waals surface area contributed by atoms with Gasteiger partial charge in [-0.3, -0.25) is 0 Å². The molecule has 0 aliphatic carbocycles. The van der Waals surface area contributed by atoms with Gasteiger partial charge in [-0.15, -0.1) is 10.2 Å². The summed E-state index contributed by atoms with van der Waals surface area (Å²) < 4.78 is 1.01. The number of aromatic nitrogens is 2. The van der Waals surface area contributed by atoms with Crippen molar-refractivity contribution in [2.24, 2.45) is 0 Å². The lowest BCUT2D eigenvalue weighted by atomic mass is 10.1. The van der Waals surface area contributed by atoms with E-state index in [1.54, 1.807) is 23.1 Å². The van der Waals surface area contributed by atoms with Gasteiger partial charge >= 0.3 is 0 Å². The highest BCUT2D eigenvalue weighted by atomic mass is 32.2. The Hall–Kier alpha value is -0.910. The van der Waals surface area contributed by atoms with E-state index in [0.29, 0.717) is 6.04 Å². The number of nitrogens with one attached hydrogen (secondary N) is 1. The second-order valence-corrected chi connectivity index (χ2v) is 6.87. The Morgan fingerprint density at radius 1 is 1.32 bits per heavy atom. The van der Waals surface area contributed by atoms with Crippen LogP contribution in [0.5, 0.6) is 0 Å². The maximum Gasteiger partial charge on any atom is 0.179 e. The van der Waals surface area contributed by atoms with E-state index in [-0.39, 0.29) is 0 Å². The van der Waals surface area contributed by atoms with E-state index in [1.165, 1.54) is 10.5 Å². The Labute approximate surface area is 122 Å². The molecule has 0 amide bonds. The molecule has 5 heteroatoms. The summed E-state index contributed by atoms with van der Waals surface area (Å²) in [5.41, 5.74) is 1.33. The second kappa shape index (κ2) is 7.03. The first-order valence-electron chi connectivity index (χ1n) is 6.51. The maximum atomic E-state index is 4.18. The molecule has 0 aliphatic heterocycles. The van der Waals surface area contributed by atoms with Gasteiger partial charge in [0, 0.05) is 10.9 Å². The van der Waals surface area contributed by atoms with E-state index in [4.69, 9.17) is 0 Å². The van der Waals surface area contributed by atoms with Crippen LogP contribution in [0.4, 0.5) is 0 Å². The maximum absolute atomic E-state index is 4.18. The van der Waals surface area contributed by atoms with Crippen molar-refractivity contribution in [2.45, 2.75) is 42.5 Å². The predicted octanol–water partition coefficient (Wildman–Crippen LogP) is 4.06. The van der Waals surface area contributed by atoms with Crippen LogP contribution in [0, 0.1) is 6.92 Å². The topological polar surface area (TPSA) is 37.8 Å². The summed E-state index contributed by atoms with van der Waals surface area (Å²) >= 11 is 3.34. The first kappa shape index (κ1) is 14.5. The molecule has 1 heterocycles. The molecule has 102 valence electrons. The highest BCUT2D eigenvalue weighted by Crippen LogP contribution is 2.34. The highest BCUT2D eigenvalue weighted by Gasteiger charge is 2.12. The van der Waals surface area contributed by atoms with Crippen molar-refractivity contribution in [1.29, 1.82) is 0 Å². The van der Waals surface area contributed by atoms with Gasteiger partial charge in [0.2, 0.25) is 0 Å². The van der Waals surface area contributed by atoms with Gasteiger partial charge in [0.15, 0.2) is 4.34 Å². The Kier molecular flexibility index (Phi) is 5.36. The van der Waals surface area contributed by atoms with Gasteiger partial charge in [-0.05, 0) is 38.4 Å². The fraction of sp³-hybridized carbons (Fsp3) is 0.429. The molecule has 1 atom stereocenters. The van der Waals surface area contributed by atoms with Crippen molar-refractivity contribution in [3.63, 3.8) is 0 Å². The lowest BCUT2D eigenvalue weighted by Crippen LogP contribution is -2.19. The molecule has 0 spiro atoms. The monoisotopic (exact) mass is 293 g/mol. The zero-order valence-corrected chi connectivity index (χ0v) is 13.1. The molecule has 1 N–H and O–H groups in total. The fourth-order valence-corrected chi connectivity index (χ4v) is 3.81. The largest absolute Gasteiger partial charge is 0.310 e. The van der Waals surface area contributed by atoms with E-state index in [2.05, 4.69) is 53.6 Å². The average molecular weight is 293 g/mol. The van der Waals surface area contributed by atoms with Crippen LogP contribution in [0.3, 0.4) is 0 Å².